The van der Waals surface area contributed by atoms with Crippen molar-refractivity contribution in [3.63, 3.8) is 0 Å². The van der Waals surface area contributed by atoms with E-state index in [1.807, 2.05) is 6.07 Å². The molecule has 9 heteroatoms. The molecule has 0 aliphatic heterocycles. The number of nitrogens with zero attached hydrogens (tertiary/aromatic N) is 3. The van der Waals surface area contributed by atoms with Gasteiger partial charge in [-0.1, -0.05) is 22.9 Å². The highest BCUT2D eigenvalue weighted by Gasteiger charge is 2.17. The molecule has 3 rings (SSSR count). The quantitative estimate of drug-likeness (QED) is 0.550. The van der Waals surface area contributed by atoms with Crippen molar-refractivity contribution in [1.29, 1.82) is 0 Å². The molecule has 0 saturated carbocycles. The molecule has 0 fully saturated rings. The first-order chi connectivity index (χ1) is 13.5. The molecule has 0 spiro atoms. The summed E-state index contributed by atoms with van der Waals surface area (Å²) in [5, 5.41) is 23.1. The fourth-order valence-corrected chi connectivity index (χ4v) is 2.73. The minimum Gasteiger partial charge on any atom is -0.508 e. The average molecular weight is 400 g/mol. The van der Waals surface area contributed by atoms with Crippen molar-refractivity contribution in [3.05, 3.63) is 70.5 Å². The lowest BCUT2D eigenvalue weighted by molar-refractivity contribution is 0.0924. The number of halogens is 1. The molecular formula is C19H18ClN5O3. The van der Waals surface area contributed by atoms with Crippen molar-refractivity contribution in [1.82, 2.24) is 25.6 Å². The van der Waals surface area contributed by atoms with E-state index in [4.69, 9.17) is 11.6 Å². The lowest BCUT2D eigenvalue weighted by atomic mass is 10.2. The summed E-state index contributed by atoms with van der Waals surface area (Å²) in [5.41, 5.74) is 1.90. The van der Waals surface area contributed by atoms with Gasteiger partial charge in [0.05, 0.1) is 11.4 Å². The van der Waals surface area contributed by atoms with Gasteiger partial charge in [-0.3, -0.25) is 9.59 Å². The van der Waals surface area contributed by atoms with Crippen LogP contribution in [0.3, 0.4) is 0 Å². The maximum absolute atomic E-state index is 12.3. The largest absolute Gasteiger partial charge is 0.508 e. The normalized spacial score (nSPS) is 10.5. The molecule has 0 unspecified atom stereocenters. The third kappa shape index (κ3) is 4.47. The molecule has 3 N–H and O–H groups in total. The summed E-state index contributed by atoms with van der Waals surface area (Å²) in [7, 11) is 0. The average Bonchev–Trinajstić information content (AvgIpc) is 3.07. The highest BCUT2D eigenvalue weighted by atomic mass is 35.5. The summed E-state index contributed by atoms with van der Waals surface area (Å²) >= 11 is 5.99. The summed E-state index contributed by atoms with van der Waals surface area (Å²) in [6, 6.07) is 13.0. The van der Waals surface area contributed by atoms with Crippen LogP contribution in [0.4, 0.5) is 0 Å². The predicted molar refractivity (Wildman–Crippen MR) is 104 cm³/mol. The minimum absolute atomic E-state index is 0.0880. The molecule has 0 bridgehead atoms. The van der Waals surface area contributed by atoms with Crippen molar-refractivity contribution < 1.29 is 14.7 Å². The number of carbonyl (C=O) groups excluding carboxylic acids is 2. The lowest BCUT2D eigenvalue weighted by Crippen LogP contribution is -2.35. The standard InChI is InChI=1S/C19H18ClN5O3/c1-12-17(23-24-25(12)15-4-2-3-14(20)11-15)19(28)22-10-9-21-18(27)13-5-7-16(26)8-6-13/h2-8,11,26H,9-10H2,1H3,(H,21,27)(H,22,28). The Balaban J connectivity index is 1.54. The summed E-state index contributed by atoms with van der Waals surface area (Å²) in [4.78, 5) is 24.3. The van der Waals surface area contributed by atoms with Gasteiger partial charge >= 0.3 is 0 Å². The molecule has 144 valence electrons. The number of rotatable bonds is 6. The Bertz CT molecular complexity index is 1000. The van der Waals surface area contributed by atoms with Crippen LogP contribution in [0.25, 0.3) is 5.69 Å². The van der Waals surface area contributed by atoms with Crippen LogP contribution >= 0.6 is 11.6 Å². The van der Waals surface area contributed by atoms with E-state index in [1.54, 1.807) is 25.1 Å². The molecule has 28 heavy (non-hydrogen) atoms. The second-order valence-electron chi connectivity index (χ2n) is 5.97. The predicted octanol–water partition coefficient (Wildman–Crippen LogP) is 2.09. The van der Waals surface area contributed by atoms with E-state index in [1.165, 1.54) is 28.9 Å². The molecule has 2 amide bonds. The highest BCUT2D eigenvalue weighted by molar-refractivity contribution is 6.30. The maximum Gasteiger partial charge on any atom is 0.273 e. The van der Waals surface area contributed by atoms with Gasteiger partial charge in [0.15, 0.2) is 5.69 Å². The number of benzene rings is 2. The Hall–Kier alpha value is -3.39. The SMILES string of the molecule is Cc1c(C(=O)NCCNC(=O)c2ccc(O)cc2)nnn1-c1cccc(Cl)c1. The van der Waals surface area contributed by atoms with Crippen molar-refractivity contribution in [3.8, 4) is 11.4 Å². The van der Waals surface area contributed by atoms with Crippen LogP contribution in [0, 0.1) is 6.92 Å². The Kier molecular flexibility index (Phi) is 5.90. The van der Waals surface area contributed by atoms with Crippen molar-refractivity contribution in [2.24, 2.45) is 0 Å². The van der Waals surface area contributed by atoms with Gasteiger partial charge in [-0.2, -0.15) is 0 Å². The van der Waals surface area contributed by atoms with Crippen LogP contribution in [0.2, 0.25) is 5.02 Å². The smallest absolute Gasteiger partial charge is 0.273 e. The molecule has 0 radical (unpaired) electrons. The first-order valence-electron chi connectivity index (χ1n) is 8.49. The van der Waals surface area contributed by atoms with Gasteiger partial charge < -0.3 is 15.7 Å². The number of carbonyl (C=O) groups is 2. The van der Waals surface area contributed by atoms with Crippen LogP contribution in [0.1, 0.15) is 26.5 Å². The number of hydrogen-bond acceptors (Lipinski definition) is 5. The number of phenolic OH excluding ortho intramolecular Hbond substituents is 1. The minimum atomic E-state index is -0.385. The van der Waals surface area contributed by atoms with Crippen LogP contribution in [-0.4, -0.2) is 45.0 Å². The zero-order valence-electron chi connectivity index (χ0n) is 15.0. The number of nitrogens with one attached hydrogen (secondary N) is 2. The first-order valence-corrected chi connectivity index (χ1v) is 8.87. The number of aromatic nitrogens is 3. The fraction of sp³-hybridized carbons (Fsp3) is 0.158. The Morgan fingerprint density at radius 3 is 2.43 bits per heavy atom. The number of phenols is 1. The Labute approximate surface area is 166 Å². The van der Waals surface area contributed by atoms with Gasteiger partial charge in [-0.15, -0.1) is 5.10 Å². The molecule has 0 aliphatic rings. The first kappa shape index (κ1) is 19.4. The molecule has 3 aromatic rings. The zero-order chi connectivity index (χ0) is 20.1. The Morgan fingerprint density at radius 2 is 1.75 bits per heavy atom. The topological polar surface area (TPSA) is 109 Å². The summed E-state index contributed by atoms with van der Waals surface area (Å²) < 4.78 is 1.54. The molecule has 0 saturated heterocycles. The molecule has 1 heterocycles. The highest BCUT2D eigenvalue weighted by Crippen LogP contribution is 2.16. The van der Waals surface area contributed by atoms with Crippen LogP contribution < -0.4 is 10.6 Å². The second kappa shape index (κ2) is 8.53. The molecule has 8 nitrogen and oxygen atoms in total. The van der Waals surface area contributed by atoms with E-state index in [2.05, 4.69) is 20.9 Å². The second-order valence-corrected chi connectivity index (χ2v) is 6.41. The third-order valence-corrected chi connectivity index (χ3v) is 4.22. The third-order valence-electron chi connectivity index (χ3n) is 3.99. The monoisotopic (exact) mass is 399 g/mol. The van der Waals surface area contributed by atoms with Crippen molar-refractivity contribution in [2.75, 3.05) is 13.1 Å². The van der Waals surface area contributed by atoms with Gasteiger partial charge in [0.1, 0.15) is 5.75 Å². The number of hydrogen-bond donors (Lipinski definition) is 3. The zero-order valence-corrected chi connectivity index (χ0v) is 15.8. The van der Waals surface area contributed by atoms with Gasteiger partial charge in [0, 0.05) is 23.7 Å². The molecular weight excluding hydrogens is 382 g/mol. The van der Waals surface area contributed by atoms with Crippen LogP contribution in [0.5, 0.6) is 5.75 Å². The summed E-state index contributed by atoms with van der Waals surface area (Å²) in [6.45, 7) is 2.21. The number of aromatic hydroxyl groups is 1. The molecule has 0 aliphatic carbocycles. The van der Waals surface area contributed by atoms with Gasteiger partial charge in [0.2, 0.25) is 0 Å². The maximum atomic E-state index is 12.3. The van der Waals surface area contributed by atoms with Gasteiger partial charge in [-0.25, -0.2) is 4.68 Å². The van der Waals surface area contributed by atoms with E-state index in [9.17, 15) is 14.7 Å². The van der Waals surface area contributed by atoms with E-state index in [0.717, 1.165) is 0 Å². The molecule has 1 aromatic heterocycles. The number of amides is 2. The van der Waals surface area contributed by atoms with E-state index < -0.39 is 0 Å². The van der Waals surface area contributed by atoms with Crippen molar-refractivity contribution in [2.45, 2.75) is 6.92 Å². The molecule has 0 atom stereocenters. The van der Waals surface area contributed by atoms with Crippen LogP contribution in [-0.2, 0) is 0 Å². The van der Waals surface area contributed by atoms with Crippen molar-refractivity contribution >= 4 is 23.4 Å². The van der Waals surface area contributed by atoms with E-state index >= 15 is 0 Å². The van der Waals surface area contributed by atoms with E-state index in [0.29, 0.717) is 22.0 Å². The van der Waals surface area contributed by atoms with E-state index in [-0.39, 0.29) is 36.3 Å². The van der Waals surface area contributed by atoms with Crippen LogP contribution in [0.15, 0.2) is 48.5 Å². The van der Waals surface area contributed by atoms with Gasteiger partial charge in [-0.05, 0) is 49.4 Å². The summed E-state index contributed by atoms with van der Waals surface area (Å²) in [5.74, 6) is -0.591. The lowest BCUT2D eigenvalue weighted by Gasteiger charge is -2.07. The molecule has 2 aromatic carbocycles. The van der Waals surface area contributed by atoms with Gasteiger partial charge in [0.25, 0.3) is 11.8 Å². The Morgan fingerprint density at radius 1 is 1.07 bits per heavy atom. The fourth-order valence-electron chi connectivity index (χ4n) is 2.54. The summed E-state index contributed by atoms with van der Waals surface area (Å²) in [6.07, 6.45) is 0.